The molecule has 0 saturated carbocycles. The summed E-state index contributed by atoms with van der Waals surface area (Å²) in [4.78, 5) is 24.8. The molecular weight excluding hydrogens is 432 g/mol. The predicted octanol–water partition coefficient (Wildman–Crippen LogP) is 5.21. The standard InChI is InChI=1S/C18H17Cl2F3N4O2/c1-2-3-4-14-25-15(16(20)26-14)12-8-13(29-27-12)17(28)24-11-6-5-9(19)7-10(11)18(21,22)23/h5-7,13H,2-4,8H2,1H3,(H,24,28)(H,25,26). The van der Waals surface area contributed by atoms with Gasteiger partial charge in [0.05, 0.1) is 11.3 Å². The van der Waals surface area contributed by atoms with Crippen LogP contribution in [-0.2, 0) is 22.2 Å². The highest BCUT2D eigenvalue weighted by Gasteiger charge is 2.36. The molecule has 156 valence electrons. The van der Waals surface area contributed by atoms with Gasteiger partial charge in [-0.25, -0.2) is 4.98 Å². The number of hydrogen-bond donors (Lipinski definition) is 2. The number of hydrogen-bond acceptors (Lipinski definition) is 4. The molecule has 0 aliphatic carbocycles. The first-order chi connectivity index (χ1) is 13.7. The van der Waals surface area contributed by atoms with E-state index in [0.29, 0.717) is 23.7 Å². The molecular formula is C18H17Cl2F3N4O2. The molecule has 1 aliphatic rings. The first kappa shape index (κ1) is 21.4. The Labute approximate surface area is 174 Å². The predicted molar refractivity (Wildman–Crippen MR) is 103 cm³/mol. The molecule has 2 aromatic rings. The Morgan fingerprint density at radius 3 is 2.83 bits per heavy atom. The van der Waals surface area contributed by atoms with E-state index in [9.17, 15) is 18.0 Å². The van der Waals surface area contributed by atoms with Crippen LogP contribution in [0.25, 0.3) is 0 Å². The summed E-state index contributed by atoms with van der Waals surface area (Å²) >= 11 is 11.8. The number of halogens is 5. The van der Waals surface area contributed by atoms with Crippen molar-refractivity contribution in [3.8, 4) is 0 Å². The SMILES string of the molecule is CCCCc1nc(C2=NOC(C(=O)Nc3ccc(Cl)cc3C(F)(F)F)C2)c(Cl)[nH]1. The van der Waals surface area contributed by atoms with E-state index in [0.717, 1.165) is 25.0 Å². The van der Waals surface area contributed by atoms with E-state index < -0.39 is 29.4 Å². The van der Waals surface area contributed by atoms with E-state index in [1.54, 1.807) is 0 Å². The number of carbonyl (C=O) groups excluding carboxylic acids is 1. The first-order valence-electron chi connectivity index (χ1n) is 8.84. The van der Waals surface area contributed by atoms with E-state index in [1.807, 2.05) is 0 Å². The summed E-state index contributed by atoms with van der Waals surface area (Å²) in [6.07, 6.45) is -3.12. The second-order valence-corrected chi connectivity index (χ2v) is 7.28. The number of benzene rings is 1. The first-order valence-corrected chi connectivity index (χ1v) is 9.59. The lowest BCUT2D eigenvalue weighted by molar-refractivity contribution is -0.137. The highest BCUT2D eigenvalue weighted by molar-refractivity contribution is 6.33. The van der Waals surface area contributed by atoms with Gasteiger partial charge in [-0.3, -0.25) is 4.79 Å². The second kappa shape index (κ2) is 8.62. The van der Waals surface area contributed by atoms with Crippen molar-refractivity contribution in [1.82, 2.24) is 9.97 Å². The molecule has 6 nitrogen and oxygen atoms in total. The highest BCUT2D eigenvalue weighted by Crippen LogP contribution is 2.36. The van der Waals surface area contributed by atoms with Crippen molar-refractivity contribution in [2.45, 2.75) is 44.9 Å². The average Bonchev–Trinajstić information content (AvgIpc) is 3.27. The lowest BCUT2D eigenvalue weighted by atomic mass is 10.1. The van der Waals surface area contributed by atoms with Gasteiger partial charge in [0.25, 0.3) is 5.91 Å². The number of aromatic nitrogens is 2. The summed E-state index contributed by atoms with van der Waals surface area (Å²) in [7, 11) is 0. The monoisotopic (exact) mass is 448 g/mol. The van der Waals surface area contributed by atoms with Gasteiger partial charge in [0, 0.05) is 17.9 Å². The average molecular weight is 449 g/mol. The molecule has 1 aromatic carbocycles. The van der Waals surface area contributed by atoms with Gasteiger partial charge >= 0.3 is 6.18 Å². The van der Waals surface area contributed by atoms with E-state index in [2.05, 4.69) is 27.4 Å². The van der Waals surface area contributed by atoms with Gasteiger partial charge in [0.15, 0.2) is 0 Å². The van der Waals surface area contributed by atoms with E-state index >= 15 is 0 Å². The fourth-order valence-corrected chi connectivity index (χ4v) is 3.22. The van der Waals surface area contributed by atoms with Gasteiger partial charge < -0.3 is 15.1 Å². The Balaban J connectivity index is 1.69. The quantitative estimate of drug-likeness (QED) is 0.636. The molecule has 0 spiro atoms. The fraction of sp³-hybridized carbons (Fsp3) is 0.389. The fourth-order valence-electron chi connectivity index (χ4n) is 2.78. The van der Waals surface area contributed by atoms with Gasteiger partial charge in [-0.15, -0.1) is 0 Å². The molecule has 2 N–H and O–H groups in total. The topological polar surface area (TPSA) is 79.4 Å². The summed E-state index contributed by atoms with van der Waals surface area (Å²) in [6, 6.07) is 3.09. The number of aryl methyl sites for hydroxylation is 1. The van der Waals surface area contributed by atoms with Crippen LogP contribution in [0.15, 0.2) is 23.4 Å². The van der Waals surface area contributed by atoms with Crippen LogP contribution < -0.4 is 5.32 Å². The van der Waals surface area contributed by atoms with Crippen LogP contribution in [0.5, 0.6) is 0 Å². The molecule has 11 heteroatoms. The second-order valence-electron chi connectivity index (χ2n) is 6.46. The summed E-state index contributed by atoms with van der Waals surface area (Å²) in [5, 5.41) is 6.25. The van der Waals surface area contributed by atoms with Gasteiger partial charge in [-0.05, 0) is 24.6 Å². The zero-order chi connectivity index (χ0) is 21.2. The molecule has 1 amide bonds. The summed E-state index contributed by atoms with van der Waals surface area (Å²) in [5.41, 5.74) is -0.742. The maximum atomic E-state index is 13.2. The number of unbranched alkanes of at least 4 members (excludes halogenated alkanes) is 1. The minimum absolute atomic E-state index is 0.0264. The number of alkyl halides is 3. The Bertz CT molecular complexity index is 944. The Morgan fingerprint density at radius 2 is 2.14 bits per heavy atom. The summed E-state index contributed by atoms with van der Waals surface area (Å²) in [5.74, 6) is -0.0760. The van der Waals surface area contributed by atoms with Crippen molar-refractivity contribution < 1.29 is 22.8 Å². The summed E-state index contributed by atoms with van der Waals surface area (Å²) < 4.78 is 39.6. The zero-order valence-corrected chi connectivity index (χ0v) is 16.8. The molecule has 1 unspecified atom stereocenters. The molecule has 3 rings (SSSR count). The van der Waals surface area contributed by atoms with E-state index in [-0.39, 0.29) is 16.6 Å². The van der Waals surface area contributed by atoms with E-state index in [1.165, 1.54) is 6.07 Å². The van der Waals surface area contributed by atoms with Crippen LogP contribution in [0, 0.1) is 0 Å². The van der Waals surface area contributed by atoms with E-state index in [4.69, 9.17) is 28.0 Å². The maximum Gasteiger partial charge on any atom is 0.418 e. The third-order valence-corrected chi connectivity index (χ3v) is 4.76. The lowest BCUT2D eigenvalue weighted by Gasteiger charge is -2.15. The van der Waals surface area contributed by atoms with Crippen molar-refractivity contribution in [1.29, 1.82) is 0 Å². The number of nitrogens with zero attached hydrogens (tertiary/aromatic N) is 2. The Hall–Kier alpha value is -2.26. The minimum Gasteiger partial charge on any atom is -0.382 e. The van der Waals surface area contributed by atoms with Gasteiger partial charge in [-0.2, -0.15) is 13.2 Å². The van der Waals surface area contributed by atoms with Crippen molar-refractivity contribution >= 4 is 40.5 Å². The number of aromatic amines is 1. The van der Waals surface area contributed by atoms with Crippen molar-refractivity contribution in [3.63, 3.8) is 0 Å². The van der Waals surface area contributed by atoms with Crippen LogP contribution in [0.4, 0.5) is 18.9 Å². The smallest absolute Gasteiger partial charge is 0.382 e. The van der Waals surface area contributed by atoms with Crippen LogP contribution in [-0.4, -0.2) is 27.7 Å². The third-order valence-electron chi connectivity index (χ3n) is 4.26. The van der Waals surface area contributed by atoms with Crippen molar-refractivity contribution in [2.24, 2.45) is 5.16 Å². The molecule has 29 heavy (non-hydrogen) atoms. The van der Waals surface area contributed by atoms with Gasteiger partial charge in [0.2, 0.25) is 6.10 Å². The number of anilines is 1. The highest BCUT2D eigenvalue weighted by atomic mass is 35.5. The molecule has 1 atom stereocenters. The van der Waals surface area contributed by atoms with Crippen LogP contribution in [0.2, 0.25) is 10.2 Å². The largest absolute Gasteiger partial charge is 0.418 e. The zero-order valence-electron chi connectivity index (χ0n) is 15.2. The Morgan fingerprint density at radius 1 is 1.38 bits per heavy atom. The summed E-state index contributed by atoms with van der Waals surface area (Å²) in [6.45, 7) is 2.05. The van der Waals surface area contributed by atoms with Crippen molar-refractivity contribution in [2.75, 3.05) is 5.32 Å². The van der Waals surface area contributed by atoms with Crippen LogP contribution in [0.3, 0.4) is 0 Å². The number of H-pyrrole nitrogens is 1. The van der Waals surface area contributed by atoms with Crippen molar-refractivity contribution in [3.05, 3.63) is 45.5 Å². The number of oxime groups is 1. The minimum atomic E-state index is -4.68. The number of rotatable bonds is 6. The molecule has 0 fully saturated rings. The number of nitrogens with one attached hydrogen (secondary N) is 2. The molecule has 0 bridgehead atoms. The Kier molecular flexibility index (Phi) is 6.38. The number of carbonyl (C=O) groups is 1. The normalized spacial score (nSPS) is 16.5. The van der Waals surface area contributed by atoms with Gasteiger partial charge in [-0.1, -0.05) is 41.7 Å². The van der Waals surface area contributed by atoms with Crippen LogP contribution >= 0.6 is 23.2 Å². The molecule has 1 aromatic heterocycles. The lowest BCUT2D eigenvalue weighted by Crippen LogP contribution is -2.29. The number of imidazole rings is 1. The molecule has 0 saturated heterocycles. The number of amides is 1. The maximum absolute atomic E-state index is 13.2. The molecule has 1 aliphatic heterocycles. The molecule has 0 radical (unpaired) electrons. The van der Waals surface area contributed by atoms with Gasteiger partial charge in [0.1, 0.15) is 22.4 Å². The molecule has 2 heterocycles. The van der Waals surface area contributed by atoms with Crippen LogP contribution in [0.1, 0.15) is 43.3 Å². The third kappa shape index (κ3) is 5.02.